The van der Waals surface area contributed by atoms with Gasteiger partial charge in [-0.3, -0.25) is 4.79 Å². The van der Waals surface area contributed by atoms with Crippen LogP contribution in [0.4, 0.5) is 0 Å². The van der Waals surface area contributed by atoms with E-state index < -0.39 is 0 Å². The first-order valence-electron chi connectivity index (χ1n) is 7.78. The Morgan fingerprint density at radius 1 is 1.12 bits per heavy atom. The first-order valence-corrected chi connectivity index (χ1v) is 9.04. The van der Waals surface area contributed by atoms with Crippen molar-refractivity contribution in [2.75, 3.05) is 7.11 Å². The van der Waals surface area contributed by atoms with E-state index in [1.807, 2.05) is 48.5 Å². The van der Waals surface area contributed by atoms with E-state index in [4.69, 9.17) is 20.8 Å². The summed E-state index contributed by atoms with van der Waals surface area (Å²) in [5.41, 5.74) is 1.06. The van der Waals surface area contributed by atoms with Gasteiger partial charge in [-0.25, -0.2) is 0 Å². The topological polar surface area (TPSA) is 39.4 Å². The maximum absolute atomic E-state index is 12.5. The first kappa shape index (κ1) is 17.6. The number of carbonyl (C=O) groups excluding carboxylic acids is 1. The zero-order valence-electron chi connectivity index (χ0n) is 13.6. The molecule has 0 radical (unpaired) electrons. The number of rotatable bonds is 7. The molecule has 0 aliphatic carbocycles. The van der Waals surface area contributed by atoms with Crippen LogP contribution in [-0.2, 0) is 0 Å². The summed E-state index contributed by atoms with van der Waals surface area (Å²) < 4.78 is 10.5. The second kappa shape index (κ2) is 8.28. The van der Waals surface area contributed by atoms with Crippen LogP contribution in [0.25, 0.3) is 0 Å². The number of ether oxygens (including phenoxy) is 1. The highest BCUT2D eigenvalue weighted by molar-refractivity contribution is 7.99. The van der Waals surface area contributed by atoms with E-state index in [2.05, 4.69) is 0 Å². The number of carbonyl (C=O) groups is 1. The van der Waals surface area contributed by atoms with E-state index in [9.17, 15) is 4.79 Å². The molecule has 0 aliphatic rings. The second-order valence-electron chi connectivity index (χ2n) is 5.44. The molecule has 0 saturated heterocycles. The van der Waals surface area contributed by atoms with Crippen molar-refractivity contribution in [1.29, 1.82) is 0 Å². The number of benzene rings is 2. The van der Waals surface area contributed by atoms with E-state index >= 15 is 0 Å². The normalized spacial score (nSPS) is 11.9. The fourth-order valence-electron chi connectivity index (χ4n) is 2.43. The van der Waals surface area contributed by atoms with Crippen molar-refractivity contribution >= 4 is 29.1 Å². The van der Waals surface area contributed by atoms with E-state index in [-0.39, 0.29) is 11.0 Å². The zero-order valence-corrected chi connectivity index (χ0v) is 15.2. The number of hydrogen-bond acceptors (Lipinski definition) is 4. The van der Waals surface area contributed by atoms with Gasteiger partial charge in [0.05, 0.1) is 13.4 Å². The zero-order chi connectivity index (χ0) is 17.6. The van der Waals surface area contributed by atoms with Gasteiger partial charge in [0.2, 0.25) is 0 Å². The maximum Gasteiger partial charge on any atom is 0.199 e. The van der Waals surface area contributed by atoms with Crippen molar-refractivity contribution in [3.63, 3.8) is 0 Å². The minimum atomic E-state index is -0.0373. The molecule has 1 aromatic heterocycles. The number of furan rings is 1. The molecule has 0 spiro atoms. The van der Waals surface area contributed by atoms with Gasteiger partial charge < -0.3 is 9.15 Å². The van der Waals surface area contributed by atoms with Crippen LogP contribution in [-0.4, -0.2) is 12.9 Å². The number of ketones is 1. The van der Waals surface area contributed by atoms with Crippen molar-refractivity contribution in [3.8, 4) is 5.75 Å². The van der Waals surface area contributed by atoms with Crippen molar-refractivity contribution in [3.05, 3.63) is 83.3 Å². The summed E-state index contributed by atoms with van der Waals surface area (Å²) in [7, 11) is 1.63. The largest absolute Gasteiger partial charge is 0.497 e. The predicted molar refractivity (Wildman–Crippen MR) is 101 cm³/mol. The van der Waals surface area contributed by atoms with E-state index in [0.29, 0.717) is 17.2 Å². The molecule has 1 atom stereocenters. The van der Waals surface area contributed by atoms with Gasteiger partial charge in [0.15, 0.2) is 11.5 Å². The fourth-order valence-corrected chi connectivity index (χ4v) is 3.71. The van der Waals surface area contributed by atoms with Crippen LogP contribution in [0.15, 0.2) is 76.2 Å². The lowest BCUT2D eigenvalue weighted by atomic mass is 10.1. The first-order chi connectivity index (χ1) is 12.2. The van der Waals surface area contributed by atoms with Crippen LogP contribution in [0.2, 0.25) is 5.02 Å². The van der Waals surface area contributed by atoms with Crippen LogP contribution < -0.4 is 4.74 Å². The van der Waals surface area contributed by atoms with Crippen molar-refractivity contribution in [2.24, 2.45) is 0 Å². The highest BCUT2D eigenvalue weighted by Gasteiger charge is 2.20. The molecule has 128 valence electrons. The molecule has 0 aliphatic heterocycles. The highest BCUT2D eigenvalue weighted by atomic mass is 35.5. The average molecular weight is 373 g/mol. The van der Waals surface area contributed by atoms with Gasteiger partial charge in [-0.05, 0) is 54.1 Å². The van der Waals surface area contributed by atoms with E-state index in [1.54, 1.807) is 31.0 Å². The number of hydrogen-bond donors (Lipinski definition) is 0. The lowest BCUT2D eigenvalue weighted by Gasteiger charge is -2.16. The second-order valence-corrected chi connectivity index (χ2v) is 7.15. The maximum atomic E-state index is 12.5. The average Bonchev–Trinajstić information content (AvgIpc) is 3.18. The quantitative estimate of drug-likeness (QED) is 0.374. The third-order valence-corrected chi connectivity index (χ3v) is 5.27. The molecule has 5 heteroatoms. The molecule has 1 unspecified atom stereocenters. The van der Waals surface area contributed by atoms with Gasteiger partial charge in [0, 0.05) is 21.6 Å². The van der Waals surface area contributed by atoms with Crippen molar-refractivity contribution < 1.29 is 13.9 Å². The molecular formula is C20H17ClO3S. The fraction of sp³-hybridized carbons (Fsp3) is 0.150. The van der Waals surface area contributed by atoms with Crippen LogP contribution in [0.5, 0.6) is 5.75 Å². The summed E-state index contributed by atoms with van der Waals surface area (Å²) in [6.45, 7) is 0. The summed E-state index contributed by atoms with van der Waals surface area (Å²) in [6.07, 6.45) is 1.86. The number of thioether (sulfide) groups is 1. The van der Waals surface area contributed by atoms with Crippen LogP contribution >= 0.6 is 23.4 Å². The van der Waals surface area contributed by atoms with Gasteiger partial charge in [0.1, 0.15) is 5.75 Å². The summed E-state index contributed by atoms with van der Waals surface area (Å²) in [6, 6.07) is 18.8. The molecule has 3 aromatic rings. The molecule has 3 nitrogen and oxygen atoms in total. The molecule has 0 saturated carbocycles. The monoisotopic (exact) mass is 372 g/mol. The highest BCUT2D eigenvalue weighted by Crippen LogP contribution is 2.39. The molecule has 0 fully saturated rings. The standard InChI is InChI=1S/C20H17ClO3S/c1-23-16-8-4-14(5-9-16)20(13-18(22)19-3-2-12-24-19)25-17-10-6-15(21)7-11-17/h2-12,20H,13H2,1H3. The number of methoxy groups -OCH3 is 1. The summed E-state index contributed by atoms with van der Waals surface area (Å²) in [5, 5.41) is 0.654. The van der Waals surface area contributed by atoms with E-state index in [0.717, 1.165) is 16.2 Å². The van der Waals surface area contributed by atoms with Gasteiger partial charge in [-0.2, -0.15) is 0 Å². The molecule has 0 bridgehead atoms. The van der Waals surface area contributed by atoms with Gasteiger partial charge >= 0.3 is 0 Å². The Morgan fingerprint density at radius 2 is 1.84 bits per heavy atom. The molecular weight excluding hydrogens is 356 g/mol. The lowest BCUT2D eigenvalue weighted by molar-refractivity contribution is 0.0955. The molecule has 0 amide bonds. The molecule has 25 heavy (non-hydrogen) atoms. The van der Waals surface area contributed by atoms with Crippen LogP contribution in [0.1, 0.15) is 27.8 Å². The minimum Gasteiger partial charge on any atom is -0.497 e. The smallest absolute Gasteiger partial charge is 0.199 e. The Bertz CT molecular complexity index is 811. The third kappa shape index (κ3) is 4.68. The minimum absolute atomic E-state index is 0.0210. The molecule has 1 heterocycles. The summed E-state index contributed by atoms with van der Waals surface area (Å²) >= 11 is 7.59. The third-order valence-electron chi connectivity index (χ3n) is 3.75. The van der Waals surface area contributed by atoms with Gasteiger partial charge in [0.25, 0.3) is 0 Å². The van der Waals surface area contributed by atoms with Crippen molar-refractivity contribution in [1.82, 2.24) is 0 Å². The predicted octanol–water partition coefficient (Wildman–Crippen LogP) is 6.05. The number of halogens is 1. The Morgan fingerprint density at radius 3 is 2.44 bits per heavy atom. The summed E-state index contributed by atoms with van der Waals surface area (Å²) in [4.78, 5) is 13.6. The Balaban J connectivity index is 1.83. The van der Waals surface area contributed by atoms with Crippen molar-refractivity contribution in [2.45, 2.75) is 16.6 Å². The Hall–Kier alpha value is -2.17. The van der Waals surface area contributed by atoms with Crippen LogP contribution in [0, 0.1) is 0 Å². The molecule has 3 rings (SSSR count). The number of Topliss-reactive ketones (excluding diaryl/α,β-unsaturated/α-hetero) is 1. The lowest BCUT2D eigenvalue weighted by Crippen LogP contribution is -2.04. The van der Waals surface area contributed by atoms with E-state index in [1.165, 1.54) is 6.26 Å². The van der Waals surface area contributed by atoms with Gasteiger partial charge in [-0.1, -0.05) is 23.7 Å². The Labute approximate surface area is 156 Å². The van der Waals surface area contributed by atoms with Gasteiger partial charge in [-0.15, -0.1) is 11.8 Å². The SMILES string of the molecule is COc1ccc(C(CC(=O)c2ccco2)Sc2ccc(Cl)cc2)cc1. The summed E-state index contributed by atoms with van der Waals surface area (Å²) in [5.74, 6) is 1.15. The molecule has 2 aromatic carbocycles. The Kier molecular flexibility index (Phi) is 5.84. The molecule has 0 N–H and O–H groups in total. The van der Waals surface area contributed by atoms with Crippen LogP contribution in [0.3, 0.4) is 0 Å².